The molecule has 0 aliphatic rings. The lowest BCUT2D eigenvalue weighted by molar-refractivity contribution is 1.21. The molecule has 1 heterocycles. The zero-order valence-corrected chi connectivity index (χ0v) is 13.7. The highest BCUT2D eigenvalue weighted by atomic mass is 35.5. The highest BCUT2D eigenvalue weighted by molar-refractivity contribution is 6.44. The summed E-state index contributed by atoms with van der Waals surface area (Å²) in [6.45, 7) is 4.06. The van der Waals surface area contributed by atoms with Gasteiger partial charge in [-0.2, -0.15) is 0 Å². The Morgan fingerprint density at radius 3 is 2.29 bits per heavy atom. The number of benzene rings is 2. The Morgan fingerprint density at radius 2 is 1.57 bits per heavy atom. The second-order valence-corrected chi connectivity index (χ2v) is 6.08. The molecule has 0 radical (unpaired) electrons. The molecule has 1 aromatic heterocycles. The standard InChI is InChI=1S/C16H11Cl3N2/c1-8-3-4-10(9(2)7-8)16-20-14-12(18)6-5-11(17)13(14)15(19)21-16/h3-7H,1-2H3. The molecular formula is C16H11Cl3N2. The van der Waals surface area contributed by atoms with Crippen LogP contribution < -0.4 is 0 Å². The van der Waals surface area contributed by atoms with E-state index in [9.17, 15) is 0 Å². The summed E-state index contributed by atoms with van der Waals surface area (Å²) >= 11 is 18.7. The van der Waals surface area contributed by atoms with E-state index in [1.807, 2.05) is 26.0 Å². The summed E-state index contributed by atoms with van der Waals surface area (Å²) in [5.74, 6) is 0.550. The molecule has 0 aliphatic heterocycles. The van der Waals surface area contributed by atoms with Gasteiger partial charge in [0, 0.05) is 5.56 Å². The minimum atomic E-state index is 0.308. The van der Waals surface area contributed by atoms with E-state index in [0.717, 1.165) is 11.1 Å². The smallest absolute Gasteiger partial charge is 0.161 e. The first-order valence-electron chi connectivity index (χ1n) is 6.36. The van der Waals surface area contributed by atoms with Crippen molar-refractivity contribution in [2.24, 2.45) is 0 Å². The van der Waals surface area contributed by atoms with Crippen molar-refractivity contribution in [2.75, 3.05) is 0 Å². The Bertz CT molecular complexity index is 860. The van der Waals surface area contributed by atoms with Gasteiger partial charge < -0.3 is 0 Å². The maximum absolute atomic E-state index is 6.28. The maximum Gasteiger partial charge on any atom is 0.161 e. The van der Waals surface area contributed by atoms with E-state index in [0.29, 0.717) is 31.9 Å². The minimum Gasteiger partial charge on any atom is -0.226 e. The Hall–Kier alpha value is -1.35. The number of fused-ring (bicyclic) bond motifs is 1. The van der Waals surface area contributed by atoms with Crippen LogP contribution in [0.25, 0.3) is 22.3 Å². The fraction of sp³-hybridized carbons (Fsp3) is 0.125. The zero-order valence-electron chi connectivity index (χ0n) is 11.4. The second-order valence-electron chi connectivity index (χ2n) is 4.91. The number of halogens is 3. The third-order valence-electron chi connectivity index (χ3n) is 3.33. The number of hydrogen-bond donors (Lipinski definition) is 0. The highest BCUT2D eigenvalue weighted by Gasteiger charge is 2.14. The largest absolute Gasteiger partial charge is 0.226 e. The van der Waals surface area contributed by atoms with Crippen molar-refractivity contribution in [1.29, 1.82) is 0 Å². The fourth-order valence-electron chi connectivity index (χ4n) is 2.31. The molecule has 3 aromatic rings. The number of aryl methyl sites for hydroxylation is 2. The quantitative estimate of drug-likeness (QED) is 0.519. The van der Waals surface area contributed by atoms with Crippen molar-refractivity contribution in [1.82, 2.24) is 9.97 Å². The van der Waals surface area contributed by atoms with E-state index in [4.69, 9.17) is 34.8 Å². The van der Waals surface area contributed by atoms with Crippen LogP contribution >= 0.6 is 34.8 Å². The Balaban J connectivity index is 2.33. The van der Waals surface area contributed by atoms with Gasteiger partial charge in [-0.25, -0.2) is 9.97 Å². The molecule has 106 valence electrons. The van der Waals surface area contributed by atoms with Crippen LogP contribution in [-0.2, 0) is 0 Å². The van der Waals surface area contributed by atoms with Crippen molar-refractivity contribution in [3.05, 3.63) is 56.7 Å². The average Bonchev–Trinajstić information content (AvgIpc) is 2.42. The highest BCUT2D eigenvalue weighted by Crippen LogP contribution is 2.34. The molecule has 21 heavy (non-hydrogen) atoms. The average molecular weight is 338 g/mol. The van der Waals surface area contributed by atoms with E-state index in [2.05, 4.69) is 16.0 Å². The van der Waals surface area contributed by atoms with Crippen molar-refractivity contribution in [3.63, 3.8) is 0 Å². The van der Waals surface area contributed by atoms with Crippen LogP contribution in [0.15, 0.2) is 30.3 Å². The molecule has 0 fully saturated rings. The molecule has 0 atom stereocenters. The monoisotopic (exact) mass is 336 g/mol. The first kappa shape index (κ1) is 14.6. The molecule has 0 amide bonds. The first-order valence-corrected chi connectivity index (χ1v) is 7.49. The summed E-state index contributed by atoms with van der Waals surface area (Å²) in [5.41, 5.74) is 3.77. The van der Waals surface area contributed by atoms with Gasteiger partial charge in [-0.3, -0.25) is 0 Å². The van der Waals surface area contributed by atoms with Gasteiger partial charge in [0.15, 0.2) is 5.82 Å². The SMILES string of the molecule is Cc1ccc(-c2nc(Cl)c3c(Cl)ccc(Cl)c3n2)c(C)c1. The molecule has 0 spiro atoms. The van der Waals surface area contributed by atoms with E-state index in [1.54, 1.807) is 12.1 Å². The van der Waals surface area contributed by atoms with Crippen LogP contribution in [0, 0.1) is 13.8 Å². The Kier molecular flexibility index (Phi) is 3.78. The van der Waals surface area contributed by atoms with E-state index in [-0.39, 0.29) is 0 Å². The van der Waals surface area contributed by atoms with Crippen LogP contribution in [0.2, 0.25) is 15.2 Å². The molecule has 0 aliphatic carbocycles. The predicted octanol–water partition coefficient (Wildman–Crippen LogP) is 5.87. The van der Waals surface area contributed by atoms with Crippen molar-refractivity contribution in [2.45, 2.75) is 13.8 Å². The van der Waals surface area contributed by atoms with Gasteiger partial charge in [-0.1, -0.05) is 58.6 Å². The molecule has 0 N–H and O–H groups in total. The normalized spacial score (nSPS) is 11.1. The third kappa shape index (κ3) is 2.59. The van der Waals surface area contributed by atoms with E-state index < -0.39 is 0 Å². The topological polar surface area (TPSA) is 25.8 Å². The van der Waals surface area contributed by atoms with Crippen molar-refractivity contribution in [3.8, 4) is 11.4 Å². The van der Waals surface area contributed by atoms with Gasteiger partial charge in [0.1, 0.15) is 5.15 Å². The van der Waals surface area contributed by atoms with Gasteiger partial charge in [0.25, 0.3) is 0 Å². The van der Waals surface area contributed by atoms with Crippen LogP contribution in [0.5, 0.6) is 0 Å². The predicted molar refractivity (Wildman–Crippen MR) is 89.5 cm³/mol. The van der Waals surface area contributed by atoms with Crippen LogP contribution in [-0.4, -0.2) is 9.97 Å². The van der Waals surface area contributed by atoms with Gasteiger partial charge in [-0.15, -0.1) is 0 Å². The fourth-order valence-corrected chi connectivity index (χ4v) is 3.07. The molecular weight excluding hydrogens is 327 g/mol. The van der Waals surface area contributed by atoms with Crippen LogP contribution in [0.3, 0.4) is 0 Å². The lowest BCUT2D eigenvalue weighted by Gasteiger charge is -2.09. The van der Waals surface area contributed by atoms with Gasteiger partial charge in [-0.05, 0) is 31.5 Å². The zero-order chi connectivity index (χ0) is 15.1. The third-order valence-corrected chi connectivity index (χ3v) is 4.22. The van der Waals surface area contributed by atoms with Gasteiger partial charge in [0.05, 0.1) is 20.9 Å². The van der Waals surface area contributed by atoms with E-state index >= 15 is 0 Å². The van der Waals surface area contributed by atoms with Gasteiger partial charge in [0.2, 0.25) is 0 Å². The lowest BCUT2D eigenvalue weighted by atomic mass is 10.1. The molecule has 0 unspecified atom stereocenters. The molecule has 3 rings (SSSR count). The summed E-state index contributed by atoms with van der Waals surface area (Å²) in [4.78, 5) is 8.92. The molecule has 2 nitrogen and oxygen atoms in total. The maximum atomic E-state index is 6.28. The molecule has 2 aromatic carbocycles. The molecule has 5 heteroatoms. The lowest BCUT2D eigenvalue weighted by Crippen LogP contribution is -1.95. The number of hydrogen-bond acceptors (Lipinski definition) is 2. The van der Waals surface area contributed by atoms with Crippen molar-refractivity contribution < 1.29 is 0 Å². The minimum absolute atomic E-state index is 0.308. The summed E-state index contributed by atoms with van der Waals surface area (Å²) in [7, 11) is 0. The first-order chi connectivity index (χ1) is 9.97. The summed E-state index contributed by atoms with van der Waals surface area (Å²) in [6, 6.07) is 9.49. The van der Waals surface area contributed by atoms with E-state index in [1.165, 1.54) is 5.56 Å². The van der Waals surface area contributed by atoms with Crippen molar-refractivity contribution >= 4 is 45.7 Å². The molecule has 0 saturated carbocycles. The summed E-state index contributed by atoms with van der Waals surface area (Å²) in [6.07, 6.45) is 0. The second kappa shape index (κ2) is 5.45. The number of nitrogens with zero attached hydrogens (tertiary/aromatic N) is 2. The number of aromatic nitrogens is 2. The number of rotatable bonds is 1. The molecule has 0 bridgehead atoms. The van der Waals surface area contributed by atoms with Crippen LogP contribution in [0.1, 0.15) is 11.1 Å². The summed E-state index contributed by atoms with van der Waals surface area (Å²) < 4.78 is 0. The Labute approximate surface area is 137 Å². The summed E-state index contributed by atoms with van der Waals surface area (Å²) in [5, 5.41) is 1.89. The van der Waals surface area contributed by atoms with Crippen LogP contribution in [0.4, 0.5) is 0 Å². The molecule has 0 saturated heterocycles. The Morgan fingerprint density at radius 1 is 0.857 bits per heavy atom. The van der Waals surface area contributed by atoms with Gasteiger partial charge >= 0.3 is 0 Å².